The van der Waals surface area contributed by atoms with Gasteiger partial charge < -0.3 is 16.0 Å². The van der Waals surface area contributed by atoms with Gasteiger partial charge in [-0.1, -0.05) is 78.3 Å². The number of hydrogen-bond donors (Lipinski definition) is 2. The molecule has 31 heavy (non-hydrogen) atoms. The molecule has 156 valence electrons. The van der Waals surface area contributed by atoms with Crippen LogP contribution in [0.15, 0.2) is 85.2 Å². The molecule has 0 atom stereocenters. The number of rotatable bonds is 7. The van der Waals surface area contributed by atoms with E-state index in [1.165, 1.54) is 17.5 Å². The summed E-state index contributed by atoms with van der Waals surface area (Å²) in [5, 5.41) is 4.00. The van der Waals surface area contributed by atoms with Crippen molar-refractivity contribution < 1.29 is 0 Å². The summed E-state index contributed by atoms with van der Waals surface area (Å²) >= 11 is 6.27. The third-order valence-electron chi connectivity index (χ3n) is 5.12. The molecule has 3 N–H and O–H groups in total. The smallest absolute Gasteiger partial charge is 0.159 e. The molecule has 0 spiro atoms. The molecule has 5 nitrogen and oxygen atoms in total. The van der Waals surface area contributed by atoms with Crippen molar-refractivity contribution in [1.29, 1.82) is 0 Å². The highest BCUT2D eigenvalue weighted by atomic mass is 35.5. The van der Waals surface area contributed by atoms with Crippen LogP contribution in [-0.2, 0) is 13.1 Å². The average molecular weight is 430 g/mol. The van der Waals surface area contributed by atoms with Gasteiger partial charge in [-0.05, 0) is 35.7 Å². The third-order valence-corrected chi connectivity index (χ3v) is 5.53. The molecular formula is C25H24ClN5. The van der Waals surface area contributed by atoms with E-state index in [2.05, 4.69) is 44.5 Å². The predicted octanol–water partition coefficient (Wildman–Crippen LogP) is 5.97. The fraction of sp³-hybridized carbons (Fsp3) is 0.120. The first-order valence-corrected chi connectivity index (χ1v) is 10.4. The number of nitrogens with zero attached hydrogens (tertiary/aromatic N) is 3. The van der Waals surface area contributed by atoms with Crippen LogP contribution >= 0.6 is 11.6 Å². The molecule has 0 aliphatic rings. The van der Waals surface area contributed by atoms with Gasteiger partial charge in [-0.25, -0.2) is 9.97 Å². The summed E-state index contributed by atoms with van der Waals surface area (Å²) in [6, 6.07) is 26.3. The van der Waals surface area contributed by atoms with E-state index in [0.717, 1.165) is 11.3 Å². The number of nitrogens with one attached hydrogen (secondary N) is 1. The second-order valence-corrected chi connectivity index (χ2v) is 7.73. The minimum absolute atomic E-state index is 0.494. The van der Waals surface area contributed by atoms with Crippen LogP contribution in [0.2, 0.25) is 5.02 Å². The van der Waals surface area contributed by atoms with Gasteiger partial charge in [0, 0.05) is 23.8 Å². The number of nitrogen functional groups attached to an aromatic ring is 1. The van der Waals surface area contributed by atoms with Crippen LogP contribution < -0.4 is 16.0 Å². The van der Waals surface area contributed by atoms with Crippen molar-refractivity contribution in [2.75, 3.05) is 16.0 Å². The first kappa shape index (κ1) is 20.7. The van der Waals surface area contributed by atoms with Crippen molar-refractivity contribution in [3.63, 3.8) is 0 Å². The second kappa shape index (κ2) is 9.49. The molecule has 0 saturated carbocycles. The molecule has 3 aromatic carbocycles. The molecule has 4 aromatic rings. The molecule has 6 heteroatoms. The molecule has 0 unspecified atom stereocenters. The summed E-state index contributed by atoms with van der Waals surface area (Å²) in [6.45, 7) is 3.30. The van der Waals surface area contributed by atoms with Gasteiger partial charge in [0.25, 0.3) is 0 Å². The van der Waals surface area contributed by atoms with Crippen molar-refractivity contribution in [3.8, 4) is 0 Å². The zero-order valence-electron chi connectivity index (χ0n) is 17.3. The summed E-state index contributed by atoms with van der Waals surface area (Å²) in [5.74, 6) is 1.24. The van der Waals surface area contributed by atoms with Crippen molar-refractivity contribution in [2.45, 2.75) is 20.0 Å². The number of nitrogens with two attached hydrogens (primary N) is 1. The summed E-state index contributed by atoms with van der Waals surface area (Å²) in [4.78, 5) is 11.1. The van der Waals surface area contributed by atoms with Gasteiger partial charge in [0.1, 0.15) is 12.0 Å². The summed E-state index contributed by atoms with van der Waals surface area (Å²) in [5.41, 5.74) is 11.2. The van der Waals surface area contributed by atoms with Gasteiger partial charge >= 0.3 is 0 Å². The molecule has 0 amide bonds. The Morgan fingerprint density at radius 1 is 0.839 bits per heavy atom. The van der Waals surface area contributed by atoms with Crippen LogP contribution in [-0.4, -0.2) is 9.97 Å². The van der Waals surface area contributed by atoms with Crippen LogP contribution in [0.3, 0.4) is 0 Å². The normalized spacial score (nSPS) is 10.6. The predicted molar refractivity (Wildman–Crippen MR) is 129 cm³/mol. The van der Waals surface area contributed by atoms with Crippen LogP contribution in [0, 0.1) is 6.92 Å². The summed E-state index contributed by atoms with van der Waals surface area (Å²) in [7, 11) is 0. The average Bonchev–Trinajstić information content (AvgIpc) is 2.79. The van der Waals surface area contributed by atoms with Crippen LogP contribution in [0.5, 0.6) is 0 Å². The van der Waals surface area contributed by atoms with Crippen molar-refractivity contribution >= 4 is 34.6 Å². The Morgan fingerprint density at radius 3 is 2.06 bits per heavy atom. The lowest BCUT2D eigenvalue weighted by Gasteiger charge is -2.26. The molecule has 1 aromatic heterocycles. The van der Waals surface area contributed by atoms with Gasteiger partial charge in [-0.3, -0.25) is 0 Å². The van der Waals surface area contributed by atoms with Crippen LogP contribution in [0.1, 0.15) is 16.7 Å². The molecule has 0 bridgehead atoms. The van der Waals surface area contributed by atoms with Crippen molar-refractivity contribution in [1.82, 2.24) is 9.97 Å². The minimum atomic E-state index is 0.494. The van der Waals surface area contributed by atoms with Gasteiger partial charge in [0.15, 0.2) is 11.6 Å². The van der Waals surface area contributed by atoms with E-state index >= 15 is 0 Å². The Labute approximate surface area is 187 Å². The quantitative estimate of drug-likeness (QED) is 0.378. The van der Waals surface area contributed by atoms with Crippen LogP contribution in [0.4, 0.5) is 23.0 Å². The van der Waals surface area contributed by atoms with Gasteiger partial charge in [-0.2, -0.15) is 0 Å². The lowest BCUT2D eigenvalue weighted by Crippen LogP contribution is -2.24. The molecule has 0 aliphatic carbocycles. The summed E-state index contributed by atoms with van der Waals surface area (Å²) in [6.07, 6.45) is 1.54. The van der Waals surface area contributed by atoms with Crippen molar-refractivity contribution in [2.24, 2.45) is 0 Å². The fourth-order valence-corrected chi connectivity index (χ4v) is 3.60. The first-order valence-electron chi connectivity index (χ1n) is 10.1. The lowest BCUT2D eigenvalue weighted by molar-refractivity contribution is 0.782. The Bertz CT molecular complexity index is 1110. The van der Waals surface area contributed by atoms with E-state index in [1.54, 1.807) is 0 Å². The number of anilines is 4. The summed E-state index contributed by atoms with van der Waals surface area (Å²) < 4.78 is 0. The molecule has 0 radical (unpaired) electrons. The van der Waals surface area contributed by atoms with Gasteiger partial charge in [-0.15, -0.1) is 0 Å². The minimum Gasteiger partial charge on any atom is -0.393 e. The molecular weight excluding hydrogens is 406 g/mol. The Balaban J connectivity index is 1.69. The SMILES string of the molecule is Cc1c(Cl)cccc1Nc1ncnc(N(Cc2ccccc2)Cc2ccccc2)c1N. The van der Waals surface area contributed by atoms with E-state index in [1.807, 2.05) is 61.5 Å². The zero-order chi connectivity index (χ0) is 21.6. The molecule has 0 aliphatic heterocycles. The highest BCUT2D eigenvalue weighted by Gasteiger charge is 2.17. The fourth-order valence-electron chi connectivity index (χ4n) is 3.42. The van der Waals surface area contributed by atoms with E-state index in [4.69, 9.17) is 17.3 Å². The largest absolute Gasteiger partial charge is 0.393 e. The maximum atomic E-state index is 6.57. The molecule has 1 heterocycles. The van der Waals surface area contributed by atoms with E-state index < -0.39 is 0 Å². The topological polar surface area (TPSA) is 67.1 Å². The second-order valence-electron chi connectivity index (χ2n) is 7.32. The van der Waals surface area contributed by atoms with E-state index in [9.17, 15) is 0 Å². The van der Waals surface area contributed by atoms with Crippen molar-refractivity contribution in [3.05, 3.63) is 107 Å². The number of benzene rings is 3. The number of halogens is 1. The number of aromatic nitrogens is 2. The third kappa shape index (κ3) is 4.95. The molecule has 0 saturated heterocycles. The maximum Gasteiger partial charge on any atom is 0.159 e. The van der Waals surface area contributed by atoms with E-state index in [0.29, 0.717) is 35.4 Å². The lowest BCUT2D eigenvalue weighted by atomic mass is 10.1. The zero-order valence-corrected chi connectivity index (χ0v) is 18.1. The van der Waals surface area contributed by atoms with Crippen LogP contribution in [0.25, 0.3) is 0 Å². The standard InChI is InChI=1S/C25H24ClN5/c1-18-21(26)13-8-14-22(18)30-24-23(27)25(29-17-28-24)31(15-19-9-4-2-5-10-19)16-20-11-6-3-7-12-20/h2-14,17H,15-16,27H2,1H3,(H,28,29,30). The maximum absolute atomic E-state index is 6.57. The van der Waals surface area contributed by atoms with Gasteiger partial charge in [0.2, 0.25) is 0 Å². The van der Waals surface area contributed by atoms with Gasteiger partial charge in [0.05, 0.1) is 0 Å². The Morgan fingerprint density at radius 2 is 1.45 bits per heavy atom. The highest BCUT2D eigenvalue weighted by molar-refractivity contribution is 6.31. The Kier molecular flexibility index (Phi) is 6.34. The first-order chi connectivity index (χ1) is 15.1. The molecule has 0 fully saturated rings. The van der Waals surface area contributed by atoms with E-state index in [-0.39, 0.29) is 0 Å². The monoisotopic (exact) mass is 429 g/mol. The number of hydrogen-bond acceptors (Lipinski definition) is 5. The highest BCUT2D eigenvalue weighted by Crippen LogP contribution is 2.32. The Hall–Kier alpha value is -3.57. The molecule has 4 rings (SSSR count).